The van der Waals surface area contributed by atoms with Gasteiger partial charge >= 0.3 is 0 Å². The van der Waals surface area contributed by atoms with Crippen LogP contribution in [-0.2, 0) is 0 Å². The molecule has 0 fully saturated rings. The molecule has 2 rings (SSSR count). The molecule has 2 nitrogen and oxygen atoms in total. The minimum atomic E-state index is -0.154. The Balaban J connectivity index is 2.04. The van der Waals surface area contributed by atoms with Gasteiger partial charge in [0.05, 0.1) is 11.1 Å². The van der Waals surface area contributed by atoms with Crippen LogP contribution in [0.5, 0.6) is 5.75 Å². The fourth-order valence-corrected chi connectivity index (χ4v) is 2.28. The Morgan fingerprint density at radius 2 is 1.89 bits per heavy atom. The van der Waals surface area contributed by atoms with E-state index in [1.165, 1.54) is 5.56 Å². The second-order valence-corrected chi connectivity index (χ2v) is 5.12. The lowest BCUT2D eigenvalue weighted by molar-refractivity contribution is 0.290. The molecule has 0 bridgehead atoms. The fraction of sp³-hybridized carbons (Fsp3) is 0.250. The molecular weight excluding hydrogens is 258 g/mol. The zero-order chi connectivity index (χ0) is 13.8. The summed E-state index contributed by atoms with van der Waals surface area (Å²) in [5.41, 5.74) is 9.54. The molecule has 19 heavy (non-hydrogen) atoms. The molecule has 2 aromatic carbocycles. The van der Waals surface area contributed by atoms with Crippen LogP contribution < -0.4 is 10.5 Å². The predicted octanol–water partition coefficient (Wildman–Crippen LogP) is 4.04. The number of hydrogen-bond acceptors (Lipinski definition) is 2. The van der Waals surface area contributed by atoms with E-state index in [1.807, 2.05) is 56.3 Å². The van der Waals surface area contributed by atoms with Gasteiger partial charge in [-0.05, 0) is 42.7 Å². The summed E-state index contributed by atoms with van der Waals surface area (Å²) in [5, 5.41) is 0.622. The average Bonchev–Trinajstić information content (AvgIpc) is 2.38. The fourth-order valence-electron chi connectivity index (χ4n) is 2.00. The van der Waals surface area contributed by atoms with Crippen molar-refractivity contribution in [1.29, 1.82) is 0 Å². The highest BCUT2D eigenvalue weighted by Crippen LogP contribution is 2.26. The summed E-state index contributed by atoms with van der Waals surface area (Å²) in [5.74, 6) is 0.677. The molecule has 0 aliphatic carbocycles. The number of ether oxygens (including phenoxy) is 1. The summed E-state index contributed by atoms with van der Waals surface area (Å²) in [6.45, 7) is 4.45. The van der Waals surface area contributed by atoms with E-state index in [-0.39, 0.29) is 6.04 Å². The van der Waals surface area contributed by atoms with Gasteiger partial charge in [0.2, 0.25) is 0 Å². The summed E-state index contributed by atoms with van der Waals surface area (Å²) in [7, 11) is 0. The third kappa shape index (κ3) is 3.49. The van der Waals surface area contributed by atoms with Gasteiger partial charge in [-0.15, -0.1) is 0 Å². The van der Waals surface area contributed by atoms with Crippen molar-refractivity contribution in [2.24, 2.45) is 5.73 Å². The molecule has 1 unspecified atom stereocenters. The Morgan fingerprint density at radius 3 is 2.58 bits per heavy atom. The predicted molar refractivity (Wildman–Crippen MR) is 79.8 cm³/mol. The van der Waals surface area contributed by atoms with Crippen LogP contribution in [0.25, 0.3) is 0 Å². The largest absolute Gasteiger partial charge is 0.490 e. The number of benzene rings is 2. The summed E-state index contributed by atoms with van der Waals surface area (Å²) in [4.78, 5) is 0. The van der Waals surface area contributed by atoms with Crippen LogP contribution in [0.1, 0.15) is 22.7 Å². The van der Waals surface area contributed by atoms with E-state index in [0.717, 1.165) is 11.1 Å². The van der Waals surface area contributed by atoms with Gasteiger partial charge in [-0.2, -0.15) is 0 Å². The molecule has 0 saturated carbocycles. The molecule has 100 valence electrons. The van der Waals surface area contributed by atoms with Crippen LogP contribution in [0.15, 0.2) is 42.5 Å². The molecular formula is C16H18ClNO. The van der Waals surface area contributed by atoms with E-state index < -0.39 is 0 Å². The molecule has 0 aliphatic heterocycles. The quantitative estimate of drug-likeness (QED) is 0.914. The van der Waals surface area contributed by atoms with Crippen molar-refractivity contribution in [2.75, 3.05) is 6.61 Å². The van der Waals surface area contributed by atoms with Crippen LogP contribution in [-0.4, -0.2) is 6.61 Å². The van der Waals surface area contributed by atoms with Gasteiger partial charge in [-0.25, -0.2) is 0 Å². The van der Waals surface area contributed by atoms with Gasteiger partial charge in [0.1, 0.15) is 12.4 Å². The Kier molecular flexibility index (Phi) is 4.46. The van der Waals surface area contributed by atoms with Crippen LogP contribution in [0, 0.1) is 13.8 Å². The number of nitrogens with two attached hydrogens (primary N) is 1. The third-order valence-corrected chi connectivity index (χ3v) is 3.39. The summed E-state index contributed by atoms with van der Waals surface area (Å²) in [6.07, 6.45) is 0. The lowest BCUT2D eigenvalue weighted by atomic mass is 10.0. The highest BCUT2D eigenvalue weighted by molar-refractivity contribution is 6.32. The van der Waals surface area contributed by atoms with Crippen molar-refractivity contribution in [3.8, 4) is 5.75 Å². The van der Waals surface area contributed by atoms with Crippen LogP contribution >= 0.6 is 11.6 Å². The molecule has 0 amide bonds. The monoisotopic (exact) mass is 275 g/mol. The van der Waals surface area contributed by atoms with Gasteiger partial charge < -0.3 is 10.5 Å². The first-order valence-corrected chi connectivity index (χ1v) is 6.66. The SMILES string of the molecule is Cc1ccc(OCC(N)c2ccccc2C)c(Cl)c1. The highest BCUT2D eigenvalue weighted by atomic mass is 35.5. The maximum Gasteiger partial charge on any atom is 0.138 e. The van der Waals surface area contributed by atoms with Crippen molar-refractivity contribution < 1.29 is 4.74 Å². The molecule has 0 aliphatic rings. The van der Waals surface area contributed by atoms with Crippen LogP contribution in [0.3, 0.4) is 0 Å². The standard InChI is InChI=1S/C16H18ClNO/c1-11-7-8-16(14(17)9-11)19-10-15(18)13-6-4-3-5-12(13)2/h3-9,15H,10,18H2,1-2H3. The first-order valence-electron chi connectivity index (χ1n) is 6.28. The van der Waals surface area contributed by atoms with Crippen molar-refractivity contribution >= 4 is 11.6 Å². The number of rotatable bonds is 4. The van der Waals surface area contributed by atoms with E-state index >= 15 is 0 Å². The molecule has 0 spiro atoms. The number of halogens is 1. The molecule has 2 aromatic rings. The van der Waals surface area contributed by atoms with Gasteiger partial charge in [0.15, 0.2) is 0 Å². The van der Waals surface area contributed by atoms with Crippen molar-refractivity contribution in [1.82, 2.24) is 0 Å². The maximum atomic E-state index is 6.16. The van der Waals surface area contributed by atoms with Crippen molar-refractivity contribution in [2.45, 2.75) is 19.9 Å². The van der Waals surface area contributed by atoms with Gasteiger partial charge in [-0.3, -0.25) is 0 Å². The first-order chi connectivity index (χ1) is 9.08. The normalized spacial score (nSPS) is 12.2. The topological polar surface area (TPSA) is 35.2 Å². The minimum absolute atomic E-state index is 0.154. The third-order valence-electron chi connectivity index (χ3n) is 3.09. The summed E-state index contributed by atoms with van der Waals surface area (Å²) >= 11 is 6.12. The van der Waals surface area contributed by atoms with E-state index in [4.69, 9.17) is 22.1 Å². The van der Waals surface area contributed by atoms with Gasteiger partial charge in [-0.1, -0.05) is 41.9 Å². The average molecular weight is 276 g/mol. The maximum absolute atomic E-state index is 6.16. The Morgan fingerprint density at radius 1 is 1.16 bits per heavy atom. The van der Waals surface area contributed by atoms with Gasteiger partial charge in [0, 0.05) is 0 Å². The second kappa shape index (κ2) is 6.09. The molecule has 0 aromatic heterocycles. The van der Waals surface area contributed by atoms with E-state index in [1.54, 1.807) is 0 Å². The summed E-state index contributed by atoms with van der Waals surface area (Å²) < 4.78 is 5.71. The van der Waals surface area contributed by atoms with Crippen LogP contribution in [0.2, 0.25) is 5.02 Å². The molecule has 1 atom stereocenters. The number of hydrogen-bond donors (Lipinski definition) is 1. The molecule has 0 heterocycles. The zero-order valence-electron chi connectivity index (χ0n) is 11.2. The highest BCUT2D eigenvalue weighted by Gasteiger charge is 2.10. The lowest BCUT2D eigenvalue weighted by Gasteiger charge is -2.16. The second-order valence-electron chi connectivity index (χ2n) is 4.71. The molecule has 0 radical (unpaired) electrons. The lowest BCUT2D eigenvalue weighted by Crippen LogP contribution is -2.20. The van der Waals surface area contributed by atoms with E-state index in [9.17, 15) is 0 Å². The first kappa shape index (κ1) is 13.9. The van der Waals surface area contributed by atoms with Crippen molar-refractivity contribution in [3.63, 3.8) is 0 Å². The molecule has 3 heteroatoms. The van der Waals surface area contributed by atoms with Gasteiger partial charge in [0.25, 0.3) is 0 Å². The summed E-state index contributed by atoms with van der Waals surface area (Å²) in [6, 6.07) is 13.6. The smallest absolute Gasteiger partial charge is 0.138 e. The van der Waals surface area contributed by atoms with E-state index in [0.29, 0.717) is 17.4 Å². The van der Waals surface area contributed by atoms with Crippen LogP contribution in [0.4, 0.5) is 0 Å². The Bertz CT molecular complexity index is 568. The Labute approximate surface area is 119 Å². The molecule has 0 saturated heterocycles. The minimum Gasteiger partial charge on any atom is -0.490 e. The zero-order valence-corrected chi connectivity index (χ0v) is 11.9. The van der Waals surface area contributed by atoms with E-state index in [2.05, 4.69) is 0 Å². The number of aryl methyl sites for hydroxylation is 2. The van der Waals surface area contributed by atoms with Crippen molar-refractivity contribution in [3.05, 3.63) is 64.2 Å². The molecule has 2 N–H and O–H groups in total. The Hall–Kier alpha value is -1.51.